The van der Waals surface area contributed by atoms with E-state index in [1.165, 1.54) is 40.3 Å². The van der Waals surface area contributed by atoms with Gasteiger partial charge in [-0.15, -0.1) is 0 Å². The van der Waals surface area contributed by atoms with Crippen LogP contribution >= 0.6 is 0 Å². The predicted molar refractivity (Wildman–Crippen MR) is 99.4 cm³/mol. The second-order valence-corrected chi connectivity index (χ2v) is 8.31. The van der Waals surface area contributed by atoms with Gasteiger partial charge < -0.3 is 9.47 Å². The minimum Gasteiger partial charge on any atom is -0.495 e. The quantitative estimate of drug-likeness (QED) is 0.499. The minimum absolute atomic E-state index is 0.0289. The summed E-state index contributed by atoms with van der Waals surface area (Å²) < 4.78 is 62.3. The first-order chi connectivity index (χ1) is 13.5. The lowest BCUT2D eigenvalue weighted by Crippen LogP contribution is -2.25. The number of Topliss-reactive ketones (excluding diaryl/α,β-unsaturated/α-hetero) is 1. The number of ether oxygens (including phenoxy) is 2. The highest BCUT2D eigenvalue weighted by molar-refractivity contribution is 7.89. The second kappa shape index (κ2) is 8.66. The average molecular weight is 427 g/mol. The summed E-state index contributed by atoms with van der Waals surface area (Å²) in [6.45, 7) is 1.27. The molecule has 0 heterocycles. The van der Waals surface area contributed by atoms with E-state index < -0.39 is 39.5 Å². The van der Waals surface area contributed by atoms with Crippen LogP contribution in [0.3, 0.4) is 0 Å². The molecule has 0 radical (unpaired) electrons. The predicted octanol–water partition coefficient (Wildman–Crippen LogP) is 2.65. The lowest BCUT2D eigenvalue weighted by Gasteiger charge is -2.16. The van der Waals surface area contributed by atoms with Gasteiger partial charge in [0, 0.05) is 19.7 Å². The van der Waals surface area contributed by atoms with Crippen LogP contribution in [0, 0.1) is 11.6 Å². The van der Waals surface area contributed by atoms with Crippen LogP contribution in [0.15, 0.2) is 41.3 Å². The van der Waals surface area contributed by atoms with Crippen molar-refractivity contribution in [3.63, 3.8) is 0 Å². The summed E-state index contributed by atoms with van der Waals surface area (Å²) in [6, 6.07) is 6.21. The fraction of sp³-hybridized carbons (Fsp3) is 0.263. The zero-order valence-electron chi connectivity index (χ0n) is 16.1. The largest absolute Gasteiger partial charge is 0.495 e. The van der Waals surface area contributed by atoms with Crippen LogP contribution in [-0.2, 0) is 14.8 Å². The molecular formula is C19H19F2NO6S. The van der Waals surface area contributed by atoms with Gasteiger partial charge in [-0.05, 0) is 43.3 Å². The number of esters is 1. The summed E-state index contributed by atoms with van der Waals surface area (Å²) in [5.41, 5.74) is -0.300. The van der Waals surface area contributed by atoms with Crippen molar-refractivity contribution < 1.29 is 36.3 Å². The molecule has 0 amide bonds. The molecule has 29 heavy (non-hydrogen) atoms. The van der Waals surface area contributed by atoms with Crippen LogP contribution in [0.25, 0.3) is 0 Å². The maximum absolute atomic E-state index is 13.3. The van der Waals surface area contributed by atoms with Gasteiger partial charge >= 0.3 is 5.97 Å². The van der Waals surface area contributed by atoms with Crippen molar-refractivity contribution in [1.82, 2.24) is 4.31 Å². The van der Waals surface area contributed by atoms with Crippen LogP contribution in [-0.4, -0.2) is 51.8 Å². The van der Waals surface area contributed by atoms with Crippen LogP contribution in [0.2, 0.25) is 0 Å². The molecule has 0 saturated carbocycles. The second-order valence-electron chi connectivity index (χ2n) is 6.19. The van der Waals surface area contributed by atoms with Crippen molar-refractivity contribution in [1.29, 1.82) is 0 Å². The van der Waals surface area contributed by atoms with Gasteiger partial charge in [-0.2, -0.15) is 0 Å². The molecule has 7 nitrogen and oxygen atoms in total. The SMILES string of the molecule is COc1ccc(C(=O)OC(C)C(=O)c2ccc(F)c(F)c2)cc1S(=O)(=O)N(C)C. The third kappa shape index (κ3) is 4.77. The normalized spacial score (nSPS) is 12.5. The lowest BCUT2D eigenvalue weighted by atomic mass is 10.1. The van der Waals surface area contributed by atoms with E-state index in [1.54, 1.807) is 0 Å². The number of methoxy groups -OCH3 is 1. The number of sulfonamides is 1. The van der Waals surface area contributed by atoms with Crippen LogP contribution in [0.1, 0.15) is 27.6 Å². The van der Waals surface area contributed by atoms with Crippen molar-refractivity contribution in [3.8, 4) is 5.75 Å². The molecule has 1 unspecified atom stereocenters. The highest BCUT2D eigenvalue weighted by atomic mass is 32.2. The molecule has 10 heteroatoms. The average Bonchev–Trinajstić information content (AvgIpc) is 2.68. The van der Waals surface area contributed by atoms with Crippen molar-refractivity contribution >= 4 is 21.8 Å². The minimum atomic E-state index is -3.92. The molecule has 0 aliphatic heterocycles. The molecule has 0 spiro atoms. The van der Waals surface area contributed by atoms with Gasteiger partial charge in [0.15, 0.2) is 17.7 Å². The Bertz CT molecular complexity index is 1050. The van der Waals surface area contributed by atoms with Crippen molar-refractivity contribution in [2.45, 2.75) is 17.9 Å². The Balaban J connectivity index is 2.28. The first kappa shape index (κ1) is 22.4. The third-order valence-electron chi connectivity index (χ3n) is 4.02. The van der Waals surface area contributed by atoms with E-state index in [0.717, 1.165) is 22.5 Å². The topological polar surface area (TPSA) is 90.0 Å². The van der Waals surface area contributed by atoms with E-state index >= 15 is 0 Å². The Morgan fingerprint density at radius 1 is 1.00 bits per heavy atom. The number of rotatable bonds is 7. The molecule has 0 bridgehead atoms. The summed E-state index contributed by atoms with van der Waals surface area (Å²) in [5, 5.41) is 0. The molecule has 2 aromatic rings. The van der Waals surface area contributed by atoms with E-state index in [1.807, 2.05) is 0 Å². The van der Waals surface area contributed by atoms with E-state index in [0.29, 0.717) is 6.07 Å². The van der Waals surface area contributed by atoms with Crippen LogP contribution in [0.5, 0.6) is 5.75 Å². The molecular weight excluding hydrogens is 408 g/mol. The maximum atomic E-state index is 13.3. The van der Waals surface area contributed by atoms with Crippen molar-refractivity contribution in [3.05, 3.63) is 59.2 Å². The van der Waals surface area contributed by atoms with E-state index in [-0.39, 0.29) is 21.8 Å². The Hall–Kier alpha value is -2.85. The van der Waals surface area contributed by atoms with Gasteiger partial charge in [-0.1, -0.05) is 0 Å². The third-order valence-corrected chi connectivity index (χ3v) is 5.85. The monoisotopic (exact) mass is 427 g/mol. The Morgan fingerprint density at radius 3 is 2.17 bits per heavy atom. The summed E-state index contributed by atoms with van der Waals surface area (Å²) in [7, 11) is 0.00997. The number of ketones is 1. The number of carbonyl (C=O) groups is 2. The number of hydrogen-bond acceptors (Lipinski definition) is 6. The lowest BCUT2D eigenvalue weighted by molar-refractivity contribution is 0.0318. The highest BCUT2D eigenvalue weighted by Crippen LogP contribution is 2.27. The van der Waals surface area contributed by atoms with Crippen molar-refractivity contribution in [2.24, 2.45) is 0 Å². The molecule has 1 atom stereocenters. The van der Waals surface area contributed by atoms with Gasteiger partial charge in [0.05, 0.1) is 12.7 Å². The fourth-order valence-electron chi connectivity index (χ4n) is 2.37. The summed E-state index contributed by atoms with van der Waals surface area (Å²) >= 11 is 0. The number of halogens is 2. The molecule has 0 aliphatic carbocycles. The number of hydrogen-bond donors (Lipinski definition) is 0. The Labute approximate surface area is 166 Å². The molecule has 2 rings (SSSR count). The maximum Gasteiger partial charge on any atom is 0.338 e. The van der Waals surface area contributed by atoms with Crippen LogP contribution in [0.4, 0.5) is 8.78 Å². The summed E-state index contributed by atoms with van der Waals surface area (Å²) in [6.07, 6.45) is -1.32. The molecule has 2 aromatic carbocycles. The molecule has 0 aromatic heterocycles. The van der Waals surface area contributed by atoms with Gasteiger partial charge in [0.25, 0.3) is 0 Å². The Morgan fingerprint density at radius 2 is 1.62 bits per heavy atom. The zero-order chi connectivity index (χ0) is 21.9. The van der Waals surface area contributed by atoms with E-state index in [9.17, 15) is 26.8 Å². The standard InChI is InChI=1S/C19H19F2NO6S/c1-11(18(23)12-5-7-14(20)15(21)9-12)28-19(24)13-6-8-16(27-4)17(10-13)29(25,26)22(2)3/h5-11H,1-4H3. The first-order valence-corrected chi connectivity index (χ1v) is 9.74. The number of benzene rings is 2. The smallest absolute Gasteiger partial charge is 0.338 e. The first-order valence-electron chi connectivity index (χ1n) is 8.29. The Kier molecular flexibility index (Phi) is 6.70. The number of carbonyl (C=O) groups excluding carboxylic acids is 2. The summed E-state index contributed by atoms with van der Waals surface area (Å²) in [4.78, 5) is 24.5. The van der Waals surface area contributed by atoms with Gasteiger partial charge in [-0.3, -0.25) is 4.79 Å². The fourth-order valence-corrected chi connectivity index (χ4v) is 3.44. The summed E-state index contributed by atoms with van der Waals surface area (Å²) in [5.74, 6) is -4.00. The zero-order valence-corrected chi connectivity index (χ0v) is 16.9. The van der Waals surface area contributed by atoms with Crippen LogP contribution < -0.4 is 4.74 Å². The molecule has 0 saturated heterocycles. The van der Waals surface area contributed by atoms with Gasteiger partial charge in [0.1, 0.15) is 10.6 Å². The number of nitrogens with zero attached hydrogens (tertiary/aromatic N) is 1. The van der Waals surface area contributed by atoms with Gasteiger partial charge in [0.2, 0.25) is 15.8 Å². The molecule has 0 N–H and O–H groups in total. The van der Waals surface area contributed by atoms with Crippen molar-refractivity contribution in [2.75, 3.05) is 21.2 Å². The highest BCUT2D eigenvalue weighted by Gasteiger charge is 2.26. The van der Waals surface area contributed by atoms with E-state index in [2.05, 4.69) is 0 Å². The molecule has 0 aliphatic rings. The van der Waals surface area contributed by atoms with Gasteiger partial charge in [-0.25, -0.2) is 26.3 Å². The van der Waals surface area contributed by atoms with E-state index in [4.69, 9.17) is 9.47 Å². The molecule has 156 valence electrons. The molecule has 0 fully saturated rings.